The third-order valence-electron chi connectivity index (χ3n) is 7.48. The molecule has 4 aromatic rings. The van der Waals surface area contributed by atoms with Crippen LogP contribution in [-0.2, 0) is 28.5 Å². The summed E-state index contributed by atoms with van der Waals surface area (Å²) in [7, 11) is 0. The highest BCUT2D eigenvalue weighted by molar-refractivity contribution is 5.86. The lowest BCUT2D eigenvalue weighted by molar-refractivity contribution is -0.141. The van der Waals surface area contributed by atoms with E-state index in [0.29, 0.717) is 37.1 Å². The Labute approximate surface area is 291 Å². The van der Waals surface area contributed by atoms with Gasteiger partial charge in [-0.05, 0) is 72.2 Å². The topological polar surface area (TPSA) is 129 Å². The summed E-state index contributed by atoms with van der Waals surface area (Å²) in [4.78, 5) is 49.0. The van der Waals surface area contributed by atoms with Crippen LogP contribution in [0, 0.1) is 0 Å². The summed E-state index contributed by atoms with van der Waals surface area (Å²) >= 11 is 0. The molecule has 0 aliphatic carbocycles. The summed E-state index contributed by atoms with van der Waals surface area (Å²) in [5.41, 5.74) is 5.16. The van der Waals surface area contributed by atoms with Crippen LogP contribution in [0.4, 0.5) is 21.0 Å². The van der Waals surface area contributed by atoms with Gasteiger partial charge in [-0.15, -0.1) is 0 Å². The van der Waals surface area contributed by atoms with Gasteiger partial charge in [0.05, 0.1) is 0 Å². The van der Waals surface area contributed by atoms with E-state index < -0.39 is 36.3 Å². The van der Waals surface area contributed by atoms with Gasteiger partial charge < -0.3 is 18.9 Å². The smallest absolute Gasteiger partial charge is 0.412 e. The normalized spacial score (nSPS) is 11.6. The third kappa shape index (κ3) is 12.5. The molecule has 0 heterocycles. The second kappa shape index (κ2) is 19.6. The number of hydrogen-bond acceptors (Lipinski definition) is 8. The van der Waals surface area contributed by atoms with Crippen molar-refractivity contribution in [2.45, 2.75) is 37.9 Å². The molecule has 10 nitrogen and oxygen atoms in total. The summed E-state index contributed by atoms with van der Waals surface area (Å²) in [5.74, 6) is -1.29. The van der Waals surface area contributed by atoms with E-state index in [1.54, 1.807) is 24.3 Å². The molecular formula is C40H40N2O8. The minimum absolute atomic E-state index is 0.173. The van der Waals surface area contributed by atoms with Crippen LogP contribution < -0.4 is 10.6 Å². The van der Waals surface area contributed by atoms with Crippen LogP contribution in [0.1, 0.15) is 25.7 Å². The van der Waals surface area contributed by atoms with Crippen LogP contribution in [0.2, 0.25) is 0 Å². The van der Waals surface area contributed by atoms with Crippen molar-refractivity contribution in [1.29, 1.82) is 0 Å². The third-order valence-corrected chi connectivity index (χ3v) is 7.48. The van der Waals surface area contributed by atoms with E-state index in [9.17, 15) is 19.2 Å². The molecule has 258 valence electrons. The summed E-state index contributed by atoms with van der Waals surface area (Å²) < 4.78 is 21.5. The standard InChI is InChI=1S/C40H40N2O8/c1-3-37(43)47-27-35(49-39(45)41-33-23-19-31(20-24-33)29-13-7-5-8-14-29)17-11-12-18-36(28-48-38(44)4-2)50-40(46)42-34-25-21-32(22-26-34)30-15-9-6-10-16-30/h3-10,13-16,19-26,35-36H,1-2,11-12,17-18,27-28H2,(H,41,45)(H,42,46). The van der Waals surface area contributed by atoms with Gasteiger partial charge in [0, 0.05) is 23.5 Å². The van der Waals surface area contributed by atoms with Gasteiger partial charge in [0.1, 0.15) is 25.4 Å². The maximum atomic E-state index is 12.8. The van der Waals surface area contributed by atoms with Gasteiger partial charge in [-0.2, -0.15) is 0 Å². The maximum Gasteiger partial charge on any atom is 0.412 e. The maximum absolute atomic E-state index is 12.8. The van der Waals surface area contributed by atoms with Crippen LogP contribution in [-0.4, -0.2) is 49.5 Å². The number of hydrogen-bond donors (Lipinski definition) is 2. The quantitative estimate of drug-likeness (QED) is 0.0493. The molecule has 2 N–H and O–H groups in total. The molecule has 50 heavy (non-hydrogen) atoms. The van der Waals surface area contributed by atoms with Crippen molar-refractivity contribution in [3.05, 3.63) is 135 Å². The number of carbonyl (C=O) groups is 4. The number of benzene rings is 4. The molecule has 4 aromatic carbocycles. The molecule has 0 saturated carbocycles. The Kier molecular flexibility index (Phi) is 14.4. The molecular weight excluding hydrogens is 636 g/mol. The summed E-state index contributed by atoms with van der Waals surface area (Å²) in [6.07, 6.45) is 0.812. The fourth-order valence-corrected chi connectivity index (χ4v) is 4.92. The average molecular weight is 677 g/mol. The van der Waals surface area contributed by atoms with Crippen molar-refractivity contribution >= 4 is 35.5 Å². The second-order valence-electron chi connectivity index (χ2n) is 11.1. The van der Waals surface area contributed by atoms with Gasteiger partial charge in [0.25, 0.3) is 0 Å². The van der Waals surface area contributed by atoms with E-state index in [2.05, 4.69) is 23.8 Å². The first kappa shape index (κ1) is 36.7. The molecule has 0 saturated heterocycles. The molecule has 0 spiro atoms. The monoisotopic (exact) mass is 676 g/mol. The van der Waals surface area contributed by atoms with E-state index in [4.69, 9.17) is 18.9 Å². The van der Waals surface area contributed by atoms with Crippen LogP contribution in [0.25, 0.3) is 22.3 Å². The number of ether oxygens (including phenoxy) is 4. The van der Waals surface area contributed by atoms with Gasteiger partial charge in [-0.3, -0.25) is 10.6 Å². The summed E-state index contributed by atoms with van der Waals surface area (Å²) in [5, 5.41) is 5.41. The van der Waals surface area contributed by atoms with E-state index in [1.807, 2.05) is 84.9 Å². The first-order valence-electron chi connectivity index (χ1n) is 16.2. The van der Waals surface area contributed by atoms with Crippen molar-refractivity contribution in [2.75, 3.05) is 23.8 Å². The molecule has 0 aliphatic heterocycles. The molecule has 2 unspecified atom stereocenters. The zero-order valence-electron chi connectivity index (χ0n) is 27.6. The molecule has 0 aromatic heterocycles. The van der Waals surface area contributed by atoms with E-state index in [1.165, 1.54) is 0 Å². The first-order valence-corrected chi connectivity index (χ1v) is 16.2. The van der Waals surface area contributed by atoms with E-state index >= 15 is 0 Å². The minimum Gasteiger partial charge on any atom is -0.459 e. The first-order chi connectivity index (χ1) is 24.3. The number of rotatable bonds is 17. The predicted octanol–water partition coefficient (Wildman–Crippen LogP) is 8.57. The van der Waals surface area contributed by atoms with Gasteiger partial charge in [0.15, 0.2) is 0 Å². The van der Waals surface area contributed by atoms with Crippen LogP contribution in [0.5, 0.6) is 0 Å². The largest absolute Gasteiger partial charge is 0.459 e. The molecule has 10 heteroatoms. The van der Waals surface area contributed by atoms with Crippen molar-refractivity contribution < 1.29 is 38.1 Å². The Balaban J connectivity index is 1.29. The van der Waals surface area contributed by atoms with Crippen LogP contribution in [0.3, 0.4) is 0 Å². The Morgan fingerprint density at radius 1 is 0.520 bits per heavy atom. The highest BCUT2D eigenvalue weighted by Crippen LogP contribution is 2.23. The molecule has 0 radical (unpaired) electrons. The number of esters is 2. The molecule has 4 rings (SSSR count). The number of nitrogens with one attached hydrogen (secondary N) is 2. The van der Waals surface area contributed by atoms with E-state index in [-0.39, 0.29) is 13.2 Å². The van der Waals surface area contributed by atoms with Crippen molar-refractivity contribution in [2.24, 2.45) is 0 Å². The highest BCUT2D eigenvalue weighted by Gasteiger charge is 2.20. The highest BCUT2D eigenvalue weighted by atomic mass is 16.6. The Morgan fingerprint density at radius 3 is 1.20 bits per heavy atom. The van der Waals surface area contributed by atoms with Crippen molar-refractivity contribution in [3.8, 4) is 22.3 Å². The SMILES string of the molecule is C=CC(=O)OCC(CCCCC(COC(=O)C=C)OC(=O)Nc1ccc(-c2ccccc2)cc1)OC(=O)Nc1ccc(-c2ccccc2)cc1. The molecule has 0 fully saturated rings. The van der Waals surface area contributed by atoms with Crippen LogP contribution >= 0.6 is 0 Å². The Morgan fingerprint density at radius 2 is 0.860 bits per heavy atom. The zero-order chi connectivity index (χ0) is 35.6. The van der Waals surface area contributed by atoms with Gasteiger partial charge in [-0.1, -0.05) is 98.1 Å². The lowest BCUT2D eigenvalue weighted by atomic mass is 10.1. The van der Waals surface area contributed by atoms with Crippen molar-refractivity contribution in [1.82, 2.24) is 0 Å². The molecule has 2 amide bonds. The minimum atomic E-state index is -0.761. The predicted molar refractivity (Wildman–Crippen MR) is 192 cm³/mol. The lowest BCUT2D eigenvalue weighted by Gasteiger charge is -2.20. The summed E-state index contributed by atoms with van der Waals surface area (Å²) in [6, 6.07) is 34.3. The summed E-state index contributed by atoms with van der Waals surface area (Å²) in [6.45, 7) is 6.45. The fourth-order valence-electron chi connectivity index (χ4n) is 4.92. The fraction of sp³-hybridized carbons (Fsp3) is 0.200. The number of unbranched alkanes of at least 4 members (excludes halogenated alkanes) is 1. The number of anilines is 2. The van der Waals surface area contributed by atoms with Gasteiger partial charge in [-0.25, -0.2) is 19.2 Å². The molecule has 0 aliphatic rings. The number of carbonyl (C=O) groups excluding carboxylic acids is 4. The average Bonchev–Trinajstić information content (AvgIpc) is 3.15. The van der Waals surface area contributed by atoms with Gasteiger partial charge in [0.2, 0.25) is 0 Å². The molecule has 0 bridgehead atoms. The van der Waals surface area contributed by atoms with Gasteiger partial charge >= 0.3 is 24.1 Å². The van der Waals surface area contributed by atoms with Crippen molar-refractivity contribution in [3.63, 3.8) is 0 Å². The zero-order valence-corrected chi connectivity index (χ0v) is 27.6. The lowest BCUT2D eigenvalue weighted by Crippen LogP contribution is -2.28. The number of amides is 2. The van der Waals surface area contributed by atoms with Crippen LogP contribution in [0.15, 0.2) is 135 Å². The second-order valence-corrected chi connectivity index (χ2v) is 11.1. The molecule has 2 atom stereocenters. The Bertz CT molecular complexity index is 1580. The van der Waals surface area contributed by atoms with E-state index in [0.717, 1.165) is 34.4 Å². The Hall–Kier alpha value is -6.16.